The van der Waals surface area contributed by atoms with E-state index in [1.54, 1.807) is 43.3 Å². The maximum atomic E-state index is 13.0. The predicted molar refractivity (Wildman–Crippen MR) is 99.3 cm³/mol. The standard InChI is InChI=1S/C17H18BrFN2O3S/c1-12(13-6-8-15(19)9-7-13)20-17(22)11-21(25(2,23)24)16-5-3-4-14(18)10-16/h3-10,12H,11H2,1-2H3,(H,20,22)/t12-/m0/s1. The van der Waals surface area contributed by atoms with Gasteiger partial charge in [-0.3, -0.25) is 9.10 Å². The Kier molecular flexibility index (Phi) is 6.18. The molecule has 1 atom stereocenters. The maximum absolute atomic E-state index is 13.0. The van der Waals surface area contributed by atoms with Gasteiger partial charge in [0.05, 0.1) is 18.0 Å². The van der Waals surface area contributed by atoms with Crippen molar-refractivity contribution in [3.63, 3.8) is 0 Å². The first-order valence-electron chi connectivity index (χ1n) is 7.45. The Morgan fingerprint density at radius 3 is 2.44 bits per heavy atom. The highest BCUT2D eigenvalue weighted by Gasteiger charge is 2.22. The Balaban J connectivity index is 2.13. The zero-order valence-electron chi connectivity index (χ0n) is 13.7. The first-order chi connectivity index (χ1) is 11.7. The molecule has 0 fully saturated rings. The molecule has 0 saturated carbocycles. The van der Waals surface area contributed by atoms with Crippen molar-refractivity contribution in [2.24, 2.45) is 0 Å². The third-order valence-electron chi connectivity index (χ3n) is 3.53. The van der Waals surface area contributed by atoms with E-state index in [0.717, 1.165) is 16.1 Å². The molecule has 1 amide bonds. The molecule has 0 spiro atoms. The van der Waals surface area contributed by atoms with Crippen LogP contribution < -0.4 is 9.62 Å². The third kappa shape index (κ3) is 5.54. The molecule has 2 rings (SSSR count). The van der Waals surface area contributed by atoms with E-state index in [4.69, 9.17) is 0 Å². The molecule has 2 aromatic carbocycles. The van der Waals surface area contributed by atoms with Gasteiger partial charge in [-0.2, -0.15) is 0 Å². The van der Waals surface area contributed by atoms with Gasteiger partial charge in [-0.25, -0.2) is 12.8 Å². The number of hydrogen-bond acceptors (Lipinski definition) is 3. The number of hydrogen-bond donors (Lipinski definition) is 1. The van der Waals surface area contributed by atoms with Gasteiger partial charge in [0.1, 0.15) is 12.4 Å². The lowest BCUT2D eigenvalue weighted by Gasteiger charge is -2.23. The number of rotatable bonds is 6. The van der Waals surface area contributed by atoms with E-state index < -0.39 is 15.9 Å². The molecule has 0 heterocycles. The SMILES string of the molecule is C[C@H](NC(=O)CN(c1cccc(Br)c1)S(C)(=O)=O)c1ccc(F)cc1. The molecular formula is C17H18BrFN2O3S. The molecule has 1 N–H and O–H groups in total. The summed E-state index contributed by atoms with van der Waals surface area (Å²) in [4.78, 5) is 12.3. The topological polar surface area (TPSA) is 66.5 Å². The molecular weight excluding hydrogens is 411 g/mol. The molecule has 134 valence electrons. The van der Waals surface area contributed by atoms with Gasteiger partial charge in [-0.15, -0.1) is 0 Å². The zero-order valence-corrected chi connectivity index (χ0v) is 16.1. The number of benzene rings is 2. The van der Waals surface area contributed by atoms with Gasteiger partial charge in [0.2, 0.25) is 15.9 Å². The van der Waals surface area contributed by atoms with Crippen molar-refractivity contribution in [3.8, 4) is 0 Å². The fourth-order valence-corrected chi connectivity index (χ4v) is 3.52. The first kappa shape index (κ1) is 19.4. The second-order valence-corrected chi connectivity index (χ2v) is 8.41. The van der Waals surface area contributed by atoms with Gasteiger partial charge >= 0.3 is 0 Å². The Hall–Kier alpha value is -1.93. The Labute approximate surface area is 155 Å². The Bertz CT molecular complexity index is 856. The van der Waals surface area contributed by atoms with Crippen LogP contribution in [0.3, 0.4) is 0 Å². The van der Waals surface area contributed by atoms with E-state index in [0.29, 0.717) is 10.2 Å². The number of nitrogens with zero attached hydrogens (tertiary/aromatic N) is 1. The van der Waals surface area contributed by atoms with E-state index in [9.17, 15) is 17.6 Å². The van der Waals surface area contributed by atoms with Gasteiger partial charge < -0.3 is 5.32 Å². The average Bonchev–Trinajstić information content (AvgIpc) is 2.52. The monoisotopic (exact) mass is 428 g/mol. The van der Waals surface area contributed by atoms with Crippen molar-refractivity contribution in [3.05, 3.63) is 64.4 Å². The molecule has 0 aliphatic carbocycles. The van der Waals surface area contributed by atoms with E-state index in [1.807, 2.05) is 0 Å². The molecule has 5 nitrogen and oxygen atoms in total. The minimum Gasteiger partial charge on any atom is -0.348 e. The van der Waals surface area contributed by atoms with E-state index in [-0.39, 0.29) is 18.4 Å². The van der Waals surface area contributed by atoms with Crippen LogP contribution >= 0.6 is 15.9 Å². The van der Waals surface area contributed by atoms with Crippen LogP contribution in [-0.2, 0) is 14.8 Å². The fraction of sp³-hybridized carbons (Fsp3) is 0.235. The highest BCUT2D eigenvalue weighted by Crippen LogP contribution is 2.22. The molecule has 0 radical (unpaired) electrons. The first-order valence-corrected chi connectivity index (χ1v) is 10.1. The van der Waals surface area contributed by atoms with Crippen LogP contribution in [0, 0.1) is 5.82 Å². The summed E-state index contributed by atoms with van der Waals surface area (Å²) in [6, 6.07) is 12.1. The van der Waals surface area contributed by atoms with Crippen molar-refractivity contribution in [2.45, 2.75) is 13.0 Å². The lowest BCUT2D eigenvalue weighted by atomic mass is 10.1. The fourth-order valence-electron chi connectivity index (χ4n) is 2.28. The molecule has 2 aromatic rings. The molecule has 0 aliphatic rings. The highest BCUT2D eigenvalue weighted by molar-refractivity contribution is 9.10. The van der Waals surface area contributed by atoms with Gasteiger partial charge in [0, 0.05) is 4.47 Å². The van der Waals surface area contributed by atoms with Crippen molar-refractivity contribution >= 4 is 37.5 Å². The summed E-state index contributed by atoms with van der Waals surface area (Å²) in [5.74, 6) is -0.817. The smallest absolute Gasteiger partial charge is 0.241 e. The molecule has 0 saturated heterocycles. The number of nitrogens with one attached hydrogen (secondary N) is 1. The normalized spacial score (nSPS) is 12.5. The summed E-state index contributed by atoms with van der Waals surface area (Å²) in [6.07, 6.45) is 1.05. The summed E-state index contributed by atoms with van der Waals surface area (Å²) in [7, 11) is -3.63. The van der Waals surface area contributed by atoms with Crippen molar-refractivity contribution in [2.75, 3.05) is 17.1 Å². The van der Waals surface area contributed by atoms with Crippen LogP contribution in [-0.4, -0.2) is 27.1 Å². The molecule has 25 heavy (non-hydrogen) atoms. The Morgan fingerprint density at radius 2 is 1.88 bits per heavy atom. The minimum absolute atomic E-state index is 0.346. The number of amides is 1. The second kappa shape index (κ2) is 7.97. The third-order valence-corrected chi connectivity index (χ3v) is 5.17. The number of sulfonamides is 1. The average molecular weight is 429 g/mol. The van der Waals surface area contributed by atoms with Crippen LogP contribution in [0.25, 0.3) is 0 Å². The van der Waals surface area contributed by atoms with Crippen LogP contribution in [0.1, 0.15) is 18.5 Å². The molecule has 0 aliphatic heterocycles. The lowest BCUT2D eigenvalue weighted by Crippen LogP contribution is -2.41. The summed E-state index contributed by atoms with van der Waals surface area (Å²) >= 11 is 3.29. The Morgan fingerprint density at radius 1 is 1.24 bits per heavy atom. The van der Waals surface area contributed by atoms with Crippen LogP contribution in [0.5, 0.6) is 0 Å². The van der Waals surface area contributed by atoms with Gasteiger partial charge in [-0.1, -0.05) is 34.1 Å². The number of anilines is 1. The second-order valence-electron chi connectivity index (χ2n) is 5.59. The lowest BCUT2D eigenvalue weighted by molar-refractivity contribution is -0.120. The molecule has 8 heteroatoms. The molecule has 0 unspecified atom stereocenters. The van der Waals surface area contributed by atoms with Crippen LogP contribution in [0.15, 0.2) is 53.0 Å². The van der Waals surface area contributed by atoms with Crippen molar-refractivity contribution < 1.29 is 17.6 Å². The summed E-state index contributed by atoms with van der Waals surface area (Å²) < 4.78 is 38.8. The van der Waals surface area contributed by atoms with E-state index >= 15 is 0 Å². The molecule has 0 bridgehead atoms. The summed E-state index contributed by atoms with van der Waals surface area (Å²) in [5, 5.41) is 2.72. The van der Waals surface area contributed by atoms with Crippen LogP contribution in [0.4, 0.5) is 10.1 Å². The van der Waals surface area contributed by atoms with Gasteiger partial charge in [-0.05, 0) is 42.8 Å². The maximum Gasteiger partial charge on any atom is 0.241 e. The highest BCUT2D eigenvalue weighted by atomic mass is 79.9. The summed E-state index contributed by atoms with van der Waals surface area (Å²) in [5.41, 5.74) is 1.12. The number of halogens is 2. The number of carbonyl (C=O) groups is 1. The van der Waals surface area contributed by atoms with Crippen molar-refractivity contribution in [1.82, 2.24) is 5.32 Å². The van der Waals surface area contributed by atoms with Crippen molar-refractivity contribution in [1.29, 1.82) is 0 Å². The van der Waals surface area contributed by atoms with Crippen LogP contribution in [0.2, 0.25) is 0 Å². The quantitative estimate of drug-likeness (QED) is 0.767. The predicted octanol–water partition coefficient (Wildman–Crippen LogP) is 3.23. The van der Waals surface area contributed by atoms with E-state index in [2.05, 4.69) is 21.2 Å². The largest absolute Gasteiger partial charge is 0.348 e. The van der Waals surface area contributed by atoms with Gasteiger partial charge in [0.15, 0.2) is 0 Å². The minimum atomic E-state index is -3.63. The summed E-state index contributed by atoms with van der Waals surface area (Å²) in [6.45, 7) is 1.40. The number of carbonyl (C=O) groups excluding carboxylic acids is 1. The van der Waals surface area contributed by atoms with E-state index in [1.165, 1.54) is 12.1 Å². The zero-order chi connectivity index (χ0) is 18.6. The molecule has 0 aromatic heterocycles. The van der Waals surface area contributed by atoms with Gasteiger partial charge in [0.25, 0.3) is 0 Å².